The van der Waals surface area contributed by atoms with Crippen LogP contribution in [0.5, 0.6) is 5.75 Å². The highest BCUT2D eigenvalue weighted by atomic mass is 32.2. The third kappa shape index (κ3) is 3.92. The van der Waals surface area contributed by atoms with E-state index in [9.17, 15) is 9.18 Å². The number of hydrogen-bond acceptors (Lipinski definition) is 5. The first-order valence-corrected chi connectivity index (χ1v) is 8.39. The molecule has 1 aromatic heterocycles. The predicted octanol–water partition coefficient (Wildman–Crippen LogP) is 3.02. The summed E-state index contributed by atoms with van der Waals surface area (Å²) in [6.07, 6.45) is 1.68. The van der Waals surface area contributed by atoms with Crippen molar-refractivity contribution in [1.29, 1.82) is 0 Å². The van der Waals surface area contributed by atoms with Crippen LogP contribution < -0.4 is 10.3 Å². The molecule has 1 N–H and O–H groups in total. The molecule has 3 rings (SSSR count). The lowest BCUT2D eigenvalue weighted by molar-refractivity contribution is -0.0171. The van der Waals surface area contributed by atoms with E-state index in [0.29, 0.717) is 28.8 Å². The van der Waals surface area contributed by atoms with Crippen molar-refractivity contribution in [2.75, 3.05) is 6.79 Å². The second-order valence-electron chi connectivity index (χ2n) is 5.24. The molecule has 0 fully saturated rings. The molecule has 5 nitrogen and oxygen atoms in total. The topological polar surface area (TPSA) is 64.2 Å². The van der Waals surface area contributed by atoms with Gasteiger partial charge in [0.15, 0.2) is 11.9 Å². The summed E-state index contributed by atoms with van der Waals surface area (Å²) in [4.78, 5) is 18.8. The number of aryl methyl sites for hydroxylation is 1. The number of ether oxygens (including phenoxy) is 2. The Hall–Kier alpha value is -1.86. The number of rotatable bonds is 5. The van der Waals surface area contributed by atoms with Gasteiger partial charge in [-0.15, -0.1) is 0 Å². The van der Waals surface area contributed by atoms with E-state index in [1.807, 2.05) is 6.92 Å². The van der Waals surface area contributed by atoms with E-state index in [0.717, 1.165) is 24.1 Å². The van der Waals surface area contributed by atoms with Gasteiger partial charge in [-0.25, -0.2) is 9.37 Å². The second kappa shape index (κ2) is 7.14. The van der Waals surface area contributed by atoms with Crippen molar-refractivity contribution in [1.82, 2.24) is 9.97 Å². The lowest BCUT2D eigenvalue weighted by Gasteiger charge is -2.20. The van der Waals surface area contributed by atoms with Crippen LogP contribution in [0.25, 0.3) is 0 Å². The Labute approximate surface area is 137 Å². The number of aromatic nitrogens is 2. The number of nitrogens with one attached hydrogen (secondary N) is 1. The van der Waals surface area contributed by atoms with Crippen molar-refractivity contribution >= 4 is 11.8 Å². The molecule has 0 saturated carbocycles. The van der Waals surface area contributed by atoms with Crippen LogP contribution >= 0.6 is 11.8 Å². The van der Waals surface area contributed by atoms with Crippen molar-refractivity contribution < 1.29 is 13.9 Å². The van der Waals surface area contributed by atoms with Crippen molar-refractivity contribution in [3.8, 4) is 5.75 Å². The first-order valence-electron chi connectivity index (χ1n) is 7.40. The predicted molar refractivity (Wildman–Crippen MR) is 85.1 cm³/mol. The van der Waals surface area contributed by atoms with Crippen LogP contribution in [0, 0.1) is 5.82 Å². The van der Waals surface area contributed by atoms with E-state index in [2.05, 4.69) is 9.97 Å². The maximum atomic E-state index is 13.7. The van der Waals surface area contributed by atoms with E-state index < -0.39 is 0 Å². The van der Waals surface area contributed by atoms with Gasteiger partial charge in [-0.3, -0.25) is 4.79 Å². The minimum absolute atomic E-state index is 0.164. The summed E-state index contributed by atoms with van der Waals surface area (Å²) >= 11 is 1.36. The molecule has 0 spiro atoms. The average Bonchev–Trinajstić information content (AvgIpc) is 2.52. The van der Waals surface area contributed by atoms with Gasteiger partial charge < -0.3 is 14.5 Å². The van der Waals surface area contributed by atoms with Crippen LogP contribution in [0.4, 0.5) is 4.39 Å². The van der Waals surface area contributed by atoms with Crippen LogP contribution in [0.2, 0.25) is 0 Å². The average molecular weight is 336 g/mol. The van der Waals surface area contributed by atoms with Crippen LogP contribution in [-0.4, -0.2) is 16.8 Å². The molecule has 122 valence electrons. The maximum absolute atomic E-state index is 13.7. The van der Waals surface area contributed by atoms with Gasteiger partial charge in [0.05, 0.1) is 6.61 Å². The summed E-state index contributed by atoms with van der Waals surface area (Å²) in [5.74, 6) is 0.797. The van der Waals surface area contributed by atoms with Crippen molar-refractivity contribution in [2.45, 2.75) is 37.3 Å². The molecule has 0 aliphatic carbocycles. The molecule has 0 bridgehead atoms. The zero-order valence-corrected chi connectivity index (χ0v) is 13.5. The lowest BCUT2D eigenvalue weighted by Crippen LogP contribution is -2.13. The quantitative estimate of drug-likeness (QED) is 0.672. The molecule has 0 unspecified atom stereocenters. The van der Waals surface area contributed by atoms with Gasteiger partial charge in [0.2, 0.25) is 0 Å². The van der Waals surface area contributed by atoms with Crippen LogP contribution in [0.15, 0.2) is 28.2 Å². The van der Waals surface area contributed by atoms with Crippen LogP contribution in [0.1, 0.15) is 30.2 Å². The number of thioether (sulfide) groups is 1. The van der Waals surface area contributed by atoms with E-state index >= 15 is 0 Å². The summed E-state index contributed by atoms with van der Waals surface area (Å²) in [7, 11) is 0. The Bertz CT molecular complexity index is 763. The Kier molecular flexibility index (Phi) is 4.97. The van der Waals surface area contributed by atoms with Gasteiger partial charge in [0.25, 0.3) is 5.56 Å². The van der Waals surface area contributed by atoms with Crippen LogP contribution in [-0.2, 0) is 23.5 Å². The monoisotopic (exact) mass is 336 g/mol. The lowest BCUT2D eigenvalue weighted by atomic mass is 10.1. The number of aromatic amines is 1. The summed E-state index contributed by atoms with van der Waals surface area (Å²) in [5, 5.41) is 0.533. The molecule has 1 aromatic carbocycles. The first-order chi connectivity index (χ1) is 11.2. The highest BCUT2D eigenvalue weighted by molar-refractivity contribution is 7.98. The summed E-state index contributed by atoms with van der Waals surface area (Å²) in [6, 6.07) is 4.38. The van der Waals surface area contributed by atoms with Crippen LogP contribution in [0.3, 0.4) is 0 Å². The molecule has 0 atom stereocenters. The minimum atomic E-state index is -0.324. The van der Waals surface area contributed by atoms with E-state index in [1.54, 1.807) is 0 Å². The molecular weight excluding hydrogens is 319 g/mol. The fourth-order valence-corrected chi connectivity index (χ4v) is 3.31. The Morgan fingerprint density at radius 3 is 3.09 bits per heavy atom. The zero-order valence-electron chi connectivity index (χ0n) is 12.7. The normalized spacial score (nSPS) is 13.5. The largest absolute Gasteiger partial charge is 0.467 e. The number of H-pyrrole nitrogens is 1. The molecule has 0 saturated heterocycles. The fourth-order valence-electron chi connectivity index (χ4n) is 2.45. The molecule has 7 heteroatoms. The second-order valence-corrected chi connectivity index (χ2v) is 6.21. The molecule has 1 aliphatic rings. The third-order valence-corrected chi connectivity index (χ3v) is 4.32. The third-order valence-electron chi connectivity index (χ3n) is 3.40. The van der Waals surface area contributed by atoms with E-state index in [-0.39, 0.29) is 18.2 Å². The zero-order chi connectivity index (χ0) is 16.2. The Balaban J connectivity index is 1.81. The maximum Gasteiger partial charge on any atom is 0.251 e. The Morgan fingerprint density at radius 2 is 2.26 bits per heavy atom. The fraction of sp³-hybridized carbons (Fsp3) is 0.375. The first kappa shape index (κ1) is 16.0. The van der Waals surface area contributed by atoms with E-state index in [1.165, 1.54) is 30.0 Å². The molecule has 23 heavy (non-hydrogen) atoms. The number of benzene rings is 1. The molecular formula is C16H17FN2O3S. The molecule has 2 heterocycles. The molecule has 0 amide bonds. The summed E-state index contributed by atoms with van der Waals surface area (Å²) in [5.41, 5.74) is 2.03. The number of nitrogens with zero attached hydrogens (tertiary/aromatic N) is 1. The van der Waals surface area contributed by atoms with Gasteiger partial charge in [0.1, 0.15) is 11.6 Å². The molecule has 1 aliphatic heterocycles. The minimum Gasteiger partial charge on any atom is -0.467 e. The smallest absolute Gasteiger partial charge is 0.251 e. The van der Waals surface area contributed by atoms with Gasteiger partial charge >= 0.3 is 0 Å². The van der Waals surface area contributed by atoms with Crippen molar-refractivity contribution in [2.24, 2.45) is 0 Å². The van der Waals surface area contributed by atoms with Gasteiger partial charge in [-0.1, -0.05) is 25.1 Å². The number of fused-ring (bicyclic) bond motifs is 1. The van der Waals surface area contributed by atoms with Gasteiger partial charge in [-0.2, -0.15) is 0 Å². The molecule has 2 aromatic rings. The van der Waals surface area contributed by atoms with E-state index in [4.69, 9.17) is 9.47 Å². The summed E-state index contributed by atoms with van der Waals surface area (Å²) < 4.78 is 24.4. The van der Waals surface area contributed by atoms with Crippen molar-refractivity contribution in [3.05, 3.63) is 51.2 Å². The number of hydrogen-bond donors (Lipinski definition) is 1. The highest BCUT2D eigenvalue weighted by Gasteiger charge is 2.17. The summed E-state index contributed by atoms with van der Waals surface area (Å²) in [6.45, 7) is 2.54. The van der Waals surface area contributed by atoms with Gasteiger partial charge in [0, 0.05) is 28.6 Å². The van der Waals surface area contributed by atoms with Gasteiger partial charge in [-0.05, 0) is 18.6 Å². The SMILES string of the molecule is CCCc1cc(=O)[nH]c(SCc2cc(F)cc3c2OCOC3)n1. The standard InChI is InChI=1S/C16H17FN2O3S/c1-2-3-13-6-14(20)19-16(18-13)23-8-11-5-12(17)4-10-7-21-9-22-15(10)11/h4-6H,2-3,7-9H2,1H3,(H,18,19,20). The van der Waals surface area contributed by atoms with Crippen molar-refractivity contribution in [3.63, 3.8) is 0 Å². The highest BCUT2D eigenvalue weighted by Crippen LogP contribution is 2.33. The molecule has 0 radical (unpaired) electrons. The Morgan fingerprint density at radius 1 is 1.39 bits per heavy atom. The number of halogens is 1.